The minimum absolute atomic E-state index is 0.292. The first kappa shape index (κ1) is 8.82. The number of nitrogens with two attached hydrogens (primary N) is 1. The van der Waals surface area contributed by atoms with E-state index in [1.165, 1.54) is 17.9 Å². The largest absolute Gasteiger partial charge is 0.367 e. The van der Waals surface area contributed by atoms with E-state index >= 15 is 0 Å². The van der Waals surface area contributed by atoms with Gasteiger partial charge < -0.3 is 11.1 Å². The standard InChI is InChI=1S/C7H8N6S/c8-6-12-7(14-13-6)10-3-5-1-2-9-4-11-5/h1-2,4H,3H2,(H3,8,10,12,13). The predicted octanol–water partition coefficient (Wildman–Crippen LogP) is 0.522. The third kappa shape index (κ3) is 2.13. The zero-order chi connectivity index (χ0) is 9.80. The summed E-state index contributed by atoms with van der Waals surface area (Å²) in [6.45, 7) is 0.594. The smallest absolute Gasteiger partial charge is 0.233 e. The number of nitrogens with zero attached hydrogens (tertiary/aromatic N) is 4. The average Bonchev–Trinajstić information content (AvgIpc) is 2.63. The maximum atomic E-state index is 5.37. The molecule has 2 heterocycles. The molecular weight excluding hydrogens is 200 g/mol. The van der Waals surface area contributed by atoms with Crippen molar-refractivity contribution in [3.8, 4) is 0 Å². The third-order valence-corrected chi connectivity index (χ3v) is 2.19. The van der Waals surface area contributed by atoms with Gasteiger partial charge in [0.2, 0.25) is 11.1 Å². The lowest BCUT2D eigenvalue weighted by atomic mass is 10.4. The molecule has 0 spiro atoms. The van der Waals surface area contributed by atoms with Crippen LogP contribution in [0.2, 0.25) is 0 Å². The molecule has 0 unspecified atom stereocenters. The molecule has 14 heavy (non-hydrogen) atoms. The fourth-order valence-electron chi connectivity index (χ4n) is 0.895. The van der Waals surface area contributed by atoms with Crippen LogP contribution in [0.4, 0.5) is 11.1 Å². The maximum absolute atomic E-state index is 5.37. The van der Waals surface area contributed by atoms with Crippen LogP contribution < -0.4 is 11.1 Å². The second-order valence-electron chi connectivity index (χ2n) is 2.51. The Kier molecular flexibility index (Phi) is 2.50. The van der Waals surface area contributed by atoms with Crippen molar-refractivity contribution < 1.29 is 0 Å². The fourth-order valence-corrected chi connectivity index (χ4v) is 1.39. The molecule has 0 atom stereocenters. The second kappa shape index (κ2) is 3.97. The first-order valence-corrected chi connectivity index (χ1v) is 4.70. The Morgan fingerprint density at radius 3 is 3.07 bits per heavy atom. The zero-order valence-corrected chi connectivity index (χ0v) is 8.03. The molecule has 0 aliphatic heterocycles. The van der Waals surface area contributed by atoms with Gasteiger partial charge in [-0.1, -0.05) is 0 Å². The Bertz CT molecular complexity index is 400. The summed E-state index contributed by atoms with van der Waals surface area (Å²) in [7, 11) is 0. The second-order valence-corrected chi connectivity index (χ2v) is 3.26. The number of hydrogen-bond acceptors (Lipinski definition) is 7. The van der Waals surface area contributed by atoms with Gasteiger partial charge >= 0.3 is 0 Å². The SMILES string of the molecule is Nc1nsc(NCc2ccncn2)n1. The Morgan fingerprint density at radius 2 is 2.43 bits per heavy atom. The highest BCUT2D eigenvalue weighted by atomic mass is 32.1. The summed E-state index contributed by atoms with van der Waals surface area (Å²) >= 11 is 1.23. The molecule has 2 aromatic rings. The van der Waals surface area contributed by atoms with Gasteiger partial charge in [-0.05, 0) is 6.07 Å². The summed E-state index contributed by atoms with van der Waals surface area (Å²) in [5, 5.41) is 3.75. The van der Waals surface area contributed by atoms with Gasteiger partial charge in [0.15, 0.2) is 0 Å². The summed E-state index contributed by atoms with van der Waals surface area (Å²) < 4.78 is 3.84. The maximum Gasteiger partial charge on any atom is 0.233 e. The van der Waals surface area contributed by atoms with Crippen molar-refractivity contribution in [1.29, 1.82) is 0 Å². The Balaban J connectivity index is 1.95. The quantitative estimate of drug-likeness (QED) is 0.764. The molecule has 7 heteroatoms. The summed E-state index contributed by atoms with van der Waals surface area (Å²) in [5.41, 5.74) is 6.27. The van der Waals surface area contributed by atoms with Crippen molar-refractivity contribution >= 4 is 22.6 Å². The summed E-state index contributed by atoms with van der Waals surface area (Å²) in [5.74, 6) is 0.292. The van der Waals surface area contributed by atoms with E-state index in [2.05, 4.69) is 24.6 Å². The van der Waals surface area contributed by atoms with Gasteiger partial charge in [-0.2, -0.15) is 9.36 Å². The Morgan fingerprint density at radius 1 is 1.50 bits per heavy atom. The van der Waals surface area contributed by atoms with E-state index in [1.54, 1.807) is 6.20 Å². The lowest BCUT2D eigenvalue weighted by Gasteiger charge is -1.99. The summed E-state index contributed by atoms with van der Waals surface area (Å²) in [6.07, 6.45) is 3.20. The number of anilines is 2. The first-order chi connectivity index (χ1) is 6.84. The van der Waals surface area contributed by atoms with Gasteiger partial charge in [0.1, 0.15) is 6.33 Å². The van der Waals surface area contributed by atoms with Crippen LogP contribution in [0.1, 0.15) is 5.69 Å². The lowest BCUT2D eigenvalue weighted by Crippen LogP contribution is -2.01. The van der Waals surface area contributed by atoms with Gasteiger partial charge in [-0.3, -0.25) is 0 Å². The van der Waals surface area contributed by atoms with Crippen molar-refractivity contribution in [1.82, 2.24) is 19.3 Å². The van der Waals surface area contributed by atoms with E-state index in [9.17, 15) is 0 Å². The van der Waals surface area contributed by atoms with Crippen molar-refractivity contribution in [3.63, 3.8) is 0 Å². The molecule has 3 N–H and O–H groups in total. The number of aromatic nitrogens is 4. The monoisotopic (exact) mass is 208 g/mol. The zero-order valence-electron chi connectivity index (χ0n) is 7.21. The summed E-state index contributed by atoms with van der Waals surface area (Å²) in [6, 6.07) is 1.83. The molecule has 0 fully saturated rings. The van der Waals surface area contributed by atoms with Crippen molar-refractivity contribution in [2.45, 2.75) is 6.54 Å². The number of nitrogen functional groups attached to an aromatic ring is 1. The third-order valence-electron chi connectivity index (χ3n) is 1.51. The van der Waals surface area contributed by atoms with Crippen LogP contribution in [0.3, 0.4) is 0 Å². The van der Waals surface area contributed by atoms with Crippen LogP contribution in [0.15, 0.2) is 18.6 Å². The van der Waals surface area contributed by atoms with Crippen LogP contribution in [0, 0.1) is 0 Å². The van der Waals surface area contributed by atoms with Crippen LogP contribution in [0.5, 0.6) is 0 Å². The molecule has 72 valence electrons. The minimum Gasteiger partial charge on any atom is -0.367 e. The van der Waals surface area contributed by atoms with Gasteiger partial charge in [0.25, 0.3) is 0 Å². The molecule has 6 nitrogen and oxygen atoms in total. The molecule has 0 radical (unpaired) electrons. The number of rotatable bonds is 3. The highest BCUT2D eigenvalue weighted by Crippen LogP contribution is 2.12. The molecule has 0 aromatic carbocycles. The Hall–Kier alpha value is -1.76. The van der Waals surface area contributed by atoms with E-state index in [4.69, 9.17) is 5.73 Å². The Labute approximate surface area is 84.4 Å². The molecule has 0 bridgehead atoms. The topological polar surface area (TPSA) is 89.6 Å². The van der Waals surface area contributed by atoms with E-state index < -0.39 is 0 Å². The van der Waals surface area contributed by atoms with E-state index in [1.807, 2.05) is 6.07 Å². The molecule has 2 rings (SSSR count). The highest BCUT2D eigenvalue weighted by molar-refractivity contribution is 7.09. The molecule has 0 amide bonds. The number of hydrogen-bond donors (Lipinski definition) is 2. The minimum atomic E-state index is 0.292. The van der Waals surface area contributed by atoms with E-state index in [-0.39, 0.29) is 0 Å². The van der Waals surface area contributed by atoms with Crippen molar-refractivity contribution in [3.05, 3.63) is 24.3 Å². The molecule has 0 saturated heterocycles. The van der Waals surface area contributed by atoms with Gasteiger partial charge in [0.05, 0.1) is 12.2 Å². The highest BCUT2D eigenvalue weighted by Gasteiger charge is 1.99. The van der Waals surface area contributed by atoms with Gasteiger partial charge in [0, 0.05) is 17.7 Å². The van der Waals surface area contributed by atoms with E-state index in [0.29, 0.717) is 17.6 Å². The predicted molar refractivity (Wildman–Crippen MR) is 53.7 cm³/mol. The van der Waals surface area contributed by atoms with Crippen LogP contribution in [0.25, 0.3) is 0 Å². The molecule has 2 aromatic heterocycles. The van der Waals surface area contributed by atoms with Crippen molar-refractivity contribution in [2.24, 2.45) is 0 Å². The van der Waals surface area contributed by atoms with Crippen LogP contribution in [-0.4, -0.2) is 19.3 Å². The van der Waals surface area contributed by atoms with Gasteiger partial charge in [-0.15, -0.1) is 0 Å². The van der Waals surface area contributed by atoms with Crippen molar-refractivity contribution in [2.75, 3.05) is 11.1 Å². The normalized spacial score (nSPS) is 10.0. The molecule has 0 aliphatic rings. The molecule has 0 aliphatic carbocycles. The molecular formula is C7H8N6S. The van der Waals surface area contributed by atoms with E-state index in [0.717, 1.165) is 5.69 Å². The summed E-state index contributed by atoms with van der Waals surface area (Å²) in [4.78, 5) is 11.8. The molecule has 0 saturated carbocycles. The van der Waals surface area contributed by atoms with Gasteiger partial charge in [-0.25, -0.2) is 9.97 Å². The lowest BCUT2D eigenvalue weighted by molar-refractivity contribution is 1.00. The average molecular weight is 208 g/mol. The first-order valence-electron chi connectivity index (χ1n) is 3.92. The van der Waals surface area contributed by atoms with Crippen LogP contribution in [-0.2, 0) is 6.54 Å². The number of nitrogens with one attached hydrogen (secondary N) is 1. The van der Waals surface area contributed by atoms with Crippen LogP contribution >= 0.6 is 11.5 Å². The fraction of sp³-hybridized carbons (Fsp3) is 0.143.